The van der Waals surface area contributed by atoms with Crippen LogP contribution in [0.1, 0.15) is 17.5 Å². The number of rotatable bonds is 7. The quantitative estimate of drug-likeness (QED) is 0.597. The van der Waals surface area contributed by atoms with Crippen LogP contribution in [-0.4, -0.2) is 18.2 Å². The minimum Gasteiger partial charge on any atom is -0.355 e. The summed E-state index contributed by atoms with van der Waals surface area (Å²) < 4.78 is 0. The molecule has 2 rings (SSSR count). The molecule has 0 saturated carbocycles. The Hall–Kier alpha value is -1.45. The zero-order valence-corrected chi connectivity index (χ0v) is 14.2. The molecule has 0 heterocycles. The van der Waals surface area contributed by atoms with E-state index in [1.807, 2.05) is 30.3 Å². The number of hydrogen-bond donors (Lipinski definition) is 1. The predicted octanol–water partition coefficient (Wildman–Crippen LogP) is 4.49. The fourth-order valence-corrected chi connectivity index (χ4v) is 3.00. The maximum Gasteiger partial charge on any atom is 0.220 e. The van der Waals surface area contributed by atoms with Crippen molar-refractivity contribution in [2.75, 3.05) is 12.3 Å². The molecular weight excluding hydrogens is 314 g/mol. The van der Waals surface area contributed by atoms with Crippen molar-refractivity contribution < 1.29 is 4.79 Å². The van der Waals surface area contributed by atoms with Gasteiger partial charge in [0.05, 0.1) is 0 Å². The normalized spacial score (nSPS) is 10.5. The molecule has 0 aromatic heterocycles. The number of carbonyl (C=O) groups excluding carboxylic acids is 1. The van der Waals surface area contributed by atoms with E-state index < -0.39 is 0 Å². The Kier molecular flexibility index (Phi) is 6.81. The van der Waals surface area contributed by atoms with E-state index in [2.05, 4.69) is 30.4 Å². The lowest BCUT2D eigenvalue weighted by molar-refractivity contribution is -0.120. The Morgan fingerprint density at radius 2 is 1.95 bits per heavy atom. The maximum atomic E-state index is 11.8. The summed E-state index contributed by atoms with van der Waals surface area (Å²) in [6.45, 7) is 2.75. The third-order valence-corrected chi connectivity index (χ3v) is 4.50. The predicted molar refractivity (Wildman–Crippen MR) is 94.7 cm³/mol. The van der Waals surface area contributed by atoms with Crippen molar-refractivity contribution in [1.29, 1.82) is 0 Å². The Morgan fingerprint density at radius 1 is 1.18 bits per heavy atom. The van der Waals surface area contributed by atoms with Gasteiger partial charge in [-0.1, -0.05) is 41.4 Å². The van der Waals surface area contributed by atoms with Crippen LogP contribution in [-0.2, 0) is 11.2 Å². The zero-order valence-electron chi connectivity index (χ0n) is 12.6. The molecule has 0 bridgehead atoms. The first-order chi connectivity index (χ1) is 10.6. The summed E-state index contributed by atoms with van der Waals surface area (Å²) in [4.78, 5) is 13.0. The number of benzene rings is 2. The summed E-state index contributed by atoms with van der Waals surface area (Å²) in [5, 5.41) is 3.71. The molecule has 1 N–H and O–H groups in total. The van der Waals surface area contributed by atoms with Crippen molar-refractivity contribution in [3.63, 3.8) is 0 Å². The van der Waals surface area contributed by atoms with Gasteiger partial charge in [-0.3, -0.25) is 4.79 Å². The van der Waals surface area contributed by atoms with Gasteiger partial charge in [0.15, 0.2) is 0 Å². The van der Waals surface area contributed by atoms with Crippen molar-refractivity contribution in [3.05, 3.63) is 64.7 Å². The maximum absolute atomic E-state index is 11.8. The highest BCUT2D eigenvalue weighted by Gasteiger charge is 2.02. The molecule has 2 nitrogen and oxygen atoms in total. The molecule has 0 aliphatic heterocycles. The Bertz CT molecular complexity index is 613. The van der Waals surface area contributed by atoms with E-state index >= 15 is 0 Å². The number of nitrogens with one attached hydrogen (secondary N) is 1. The number of halogens is 1. The lowest BCUT2D eigenvalue weighted by atomic mass is 10.1. The van der Waals surface area contributed by atoms with Crippen LogP contribution in [0.25, 0.3) is 0 Å². The molecule has 0 spiro atoms. The minimum atomic E-state index is 0.109. The van der Waals surface area contributed by atoms with Crippen LogP contribution in [0.5, 0.6) is 0 Å². The first kappa shape index (κ1) is 16.9. The second-order valence-corrected chi connectivity index (χ2v) is 6.75. The van der Waals surface area contributed by atoms with E-state index in [0.29, 0.717) is 13.0 Å². The molecule has 1 amide bonds. The van der Waals surface area contributed by atoms with Gasteiger partial charge in [0.2, 0.25) is 5.91 Å². The highest BCUT2D eigenvalue weighted by molar-refractivity contribution is 7.99. The van der Waals surface area contributed by atoms with Crippen LogP contribution >= 0.6 is 23.4 Å². The molecule has 4 heteroatoms. The molecule has 0 aliphatic carbocycles. The summed E-state index contributed by atoms with van der Waals surface area (Å²) in [5.41, 5.74) is 2.45. The molecule has 0 saturated heterocycles. The molecule has 0 unspecified atom stereocenters. The number of carbonyl (C=O) groups is 1. The number of amides is 1. The number of thioether (sulfide) groups is 1. The lowest BCUT2D eigenvalue weighted by Crippen LogP contribution is -2.25. The SMILES string of the molecule is Cc1cccc(CCC(=O)NCCSc2ccc(Cl)cc2)c1. The lowest BCUT2D eigenvalue weighted by Gasteiger charge is -2.06. The largest absolute Gasteiger partial charge is 0.355 e. The van der Waals surface area contributed by atoms with Crippen molar-refractivity contribution in [3.8, 4) is 0 Å². The molecule has 22 heavy (non-hydrogen) atoms. The van der Waals surface area contributed by atoms with Crippen molar-refractivity contribution >= 4 is 29.3 Å². The summed E-state index contributed by atoms with van der Waals surface area (Å²) in [6, 6.07) is 16.0. The molecule has 116 valence electrons. The molecule has 0 fully saturated rings. The fraction of sp³-hybridized carbons (Fsp3) is 0.278. The molecule has 2 aromatic rings. The van der Waals surface area contributed by atoms with Gasteiger partial charge in [-0.05, 0) is 43.2 Å². The smallest absolute Gasteiger partial charge is 0.220 e. The van der Waals surface area contributed by atoms with Crippen molar-refractivity contribution in [1.82, 2.24) is 5.32 Å². The summed E-state index contributed by atoms with van der Waals surface area (Å²) in [6.07, 6.45) is 1.33. The second-order valence-electron chi connectivity index (χ2n) is 5.14. The van der Waals surface area contributed by atoms with Crippen LogP contribution in [0.15, 0.2) is 53.4 Å². The molecular formula is C18H20ClNOS. The van der Waals surface area contributed by atoms with Gasteiger partial charge in [-0.25, -0.2) is 0 Å². The van der Waals surface area contributed by atoms with Gasteiger partial charge >= 0.3 is 0 Å². The van der Waals surface area contributed by atoms with Crippen molar-refractivity contribution in [2.24, 2.45) is 0 Å². The fourth-order valence-electron chi connectivity index (χ4n) is 2.10. The Morgan fingerprint density at radius 3 is 2.68 bits per heavy atom. The van der Waals surface area contributed by atoms with E-state index in [1.165, 1.54) is 16.0 Å². The van der Waals surface area contributed by atoms with Crippen LogP contribution in [0, 0.1) is 6.92 Å². The molecule has 2 aromatic carbocycles. The van der Waals surface area contributed by atoms with E-state index in [0.717, 1.165) is 17.2 Å². The van der Waals surface area contributed by atoms with E-state index in [9.17, 15) is 4.79 Å². The third-order valence-electron chi connectivity index (χ3n) is 3.23. The zero-order chi connectivity index (χ0) is 15.8. The van der Waals surface area contributed by atoms with E-state index in [4.69, 9.17) is 11.6 Å². The topological polar surface area (TPSA) is 29.1 Å². The first-order valence-electron chi connectivity index (χ1n) is 7.34. The Balaban J connectivity index is 1.62. The average Bonchev–Trinajstić information content (AvgIpc) is 2.51. The third kappa shape index (κ3) is 6.12. The van der Waals surface area contributed by atoms with Crippen LogP contribution in [0.2, 0.25) is 5.02 Å². The first-order valence-corrected chi connectivity index (χ1v) is 8.70. The second kappa shape index (κ2) is 8.86. The van der Waals surface area contributed by atoms with Crippen molar-refractivity contribution in [2.45, 2.75) is 24.7 Å². The van der Waals surface area contributed by atoms with E-state index in [1.54, 1.807) is 11.8 Å². The van der Waals surface area contributed by atoms with Gasteiger partial charge in [0, 0.05) is 28.6 Å². The highest BCUT2D eigenvalue weighted by atomic mass is 35.5. The molecule has 0 aliphatic rings. The number of aryl methyl sites for hydroxylation is 2. The average molecular weight is 334 g/mol. The molecule has 0 atom stereocenters. The molecule has 0 radical (unpaired) electrons. The van der Waals surface area contributed by atoms with E-state index in [-0.39, 0.29) is 5.91 Å². The Labute approximate surface area is 141 Å². The summed E-state index contributed by atoms with van der Waals surface area (Å²) in [5.74, 6) is 0.968. The van der Waals surface area contributed by atoms with Gasteiger partial charge in [0.25, 0.3) is 0 Å². The highest BCUT2D eigenvalue weighted by Crippen LogP contribution is 2.19. The minimum absolute atomic E-state index is 0.109. The van der Waals surface area contributed by atoms with Gasteiger partial charge in [-0.2, -0.15) is 0 Å². The van der Waals surface area contributed by atoms with Crippen LogP contribution < -0.4 is 5.32 Å². The van der Waals surface area contributed by atoms with Crippen LogP contribution in [0.4, 0.5) is 0 Å². The van der Waals surface area contributed by atoms with Gasteiger partial charge in [0.1, 0.15) is 0 Å². The summed E-state index contributed by atoms with van der Waals surface area (Å²) in [7, 11) is 0. The standard InChI is InChI=1S/C18H20ClNOS/c1-14-3-2-4-15(13-14)5-10-18(21)20-11-12-22-17-8-6-16(19)7-9-17/h2-4,6-9,13H,5,10-12H2,1H3,(H,20,21). The van der Waals surface area contributed by atoms with Gasteiger partial charge in [-0.15, -0.1) is 11.8 Å². The monoisotopic (exact) mass is 333 g/mol. The van der Waals surface area contributed by atoms with Crippen LogP contribution in [0.3, 0.4) is 0 Å². The van der Waals surface area contributed by atoms with Gasteiger partial charge < -0.3 is 5.32 Å². The number of hydrogen-bond acceptors (Lipinski definition) is 2. The summed E-state index contributed by atoms with van der Waals surface area (Å²) >= 11 is 7.56.